The van der Waals surface area contributed by atoms with Gasteiger partial charge in [0.15, 0.2) is 0 Å². The van der Waals surface area contributed by atoms with Gasteiger partial charge in [-0.3, -0.25) is 5.32 Å². The molecule has 3 nitrogen and oxygen atoms in total. The Morgan fingerprint density at radius 2 is 2.50 bits per heavy atom. The maximum atomic E-state index is 5.46. The van der Waals surface area contributed by atoms with E-state index in [2.05, 4.69) is 5.32 Å². The van der Waals surface area contributed by atoms with Crippen LogP contribution in [0.25, 0.3) is 0 Å². The number of hydrogen-bond acceptors (Lipinski definition) is 3. The Morgan fingerprint density at radius 1 is 1.75 bits per heavy atom. The van der Waals surface area contributed by atoms with Gasteiger partial charge < -0.3 is 10.5 Å². The van der Waals surface area contributed by atoms with Crippen molar-refractivity contribution in [2.75, 3.05) is 13.2 Å². The highest BCUT2D eigenvalue weighted by Crippen LogP contribution is 1.94. The van der Waals surface area contributed by atoms with Crippen LogP contribution in [0.15, 0.2) is 0 Å². The molecule has 0 aromatic rings. The molecule has 0 radical (unpaired) electrons. The Labute approximate surface area is 49.2 Å². The smallest absolute Gasteiger partial charge is 0.0788 e. The summed E-state index contributed by atoms with van der Waals surface area (Å²) in [5, 5.41) is 3.08. The second-order valence-electron chi connectivity index (χ2n) is 2.16. The molecule has 2 unspecified atom stereocenters. The lowest BCUT2D eigenvalue weighted by atomic mass is 10.3. The molecule has 0 saturated carbocycles. The minimum atomic E-state index is 0.0474. The molecule has 8 heavy (non-hydrogen) atoms. The summed E-state index contributed by atoms with van der Waals surface area (Å²) in [4.78, 5) is 0. The molecule has 0 aliphatic carbocycles. The predicted molar refractivity (Wildman–Crippen MR) is 31.4 cm³/mol. The minimum Gasteiger partial charge on any atom is -0.374 e. The Bertz CT molecular complexity index is 58.8. The van der Waals surface area contributed by atoms with Crippen LogP contribution in [-0.2, 0) is 4.74 Å². The molecule has 0 amide bonds. The zero-order valence-corrected chi connectivity index (χ0v) is 5.05. The average Bonchev–Trinajstić information content (AvgIpc) is 1.77. The van der Waals surface area contributed by atoms with Crippen LogP contribution in [0.2, 0.25) is 0 Å². The van der Waals surface area contributed by atoms with Gasteiger partial charge in [0.1, 0.15) is 0 Å². The summed E-state index contributed by atoms with van der Waals surface area (Å²) in [7, 11) is 0. The lowest BCUT2D eigenvalue weighted by molar-refractivity contribution is 0.0169. The van der Waals surface area contributed by atoms with E-state index in [1.54, 1.807) is 0 Å². The van der Waals surface area contributed by atoms with Crippen molar-refractivity contribution in [3.8, 4) is 0 Å². The fraction of sp³-hybridized carbons (Fsp3) is 1.00. The van der Waals surface area contributed by atoms with Crippen molar-refractivity contribution >= 4 is 0 Å². The Kier molecular flexibility index (Phi) is 1.83. The number of hydrogen-bond donors (Lipinski definition) is 2. The van der Waals surface area contributed by atoms with Crippen LogP contribution >= 0.6 is 0 Å². The minimum absolute atomic E-state index is 0.0474. The van der Waals surface area contributed by atoms with E-state index in [1.165, 1.54) is 0 Å². The SMILES string of the molecule is CC1CNC(N)CO1. The zero-order chi connectivity index (χ0) is 5.98. The summed E-state index contributed by atoms with van der Waals surface area (Å²) in [5.41, 5.74) is 5.46. The van der Waals surface area contributed by atoms with Crippen LogP contribution in [0.3, 0.4) is 0 Å². The van der Waals surface area contributed by atoms with Crippen LogP contribution in [-0.4, -0.2) is 25.4 Å². The average molecular weight is 116 g/mol. The number of ether oxygens (including phenoxy) is 1. The molecule has 1 aliphatic rings. The summed E-state index contributed by atoms with van der Waals surface area (Å²) in [5.74, 6) is 0. The third kappa shape index (κ3) is 1.43. The number of rotatable bonds is 0. The first-order valence-electron chi connectivity index (χ1n) is 2.89. The van der Waals surface area contributed by atoms with Gasteiger partial charge in [0.2, 0.25) is 0 Å². The lowest BCUT2D eigenvalue weighted by Gasteiger charge is -2.25. The quantitative estimate of drug-likeness (QED) is 0.439. The highest BCUT2D eigenvalue weighted by atomic mass is 16.5. The Hall–Kier alpha value is -0.120. The van der Waals surface area contributed by atoms with Crippen molar-refractivity contribution < 1.29 is 4.74 Å². The van der Waals surface area contributed by atoms with Gasteiger partial charge in [-0.05, 0) is 6.92 Å². The fourth-order valence-corrected chi connectivity index (χ4v) is 0.703. The monoisotopic (exact) mass is 116 g/mol. The molecule has 1 rings (SSSR count). The molecule has 3 heteroatoms. The summed E-state index contributed by atoms with van der Waals surface area (Å²) < 4.78 is 5.20. The van der Waals surface area contributed by atoms with E-state index in [0.29, 0.717) is 12.7 Å². The molecular formula is C5H12N2O. The van der Waals surface area contributed by atoms with Gasteiger partial charge in [0.05, 0.1) is 18.9 Å². The van der Waals surface area contributed by atoms with Crippen LogP contribution in [0.5, 0.6) is 0 Å². The van der Waals surface area contributed by atoms with E-state index in [4.69, 9.17) is 10.5 Å². The first-order valence-corrected chi connectivity index (χ1v) is 2.89. The Morgan fingerprint density at radius 3 is 2.88 bits per heavy atom. The second-order valence-corrected chi connectivity index (χ2v) is 2.16. The first-order chi connectivity index (χ1) is 3.79. The van der Waals surface area contributed by atoms with E-state index in [0.717, 1.165) is 6.54 Å². The lowest BCUT2D eigenvalue weighted by Crippen LogP contribution is -2.50. The van der Waals surface area contributed by atoms with Crippen molar-refractivity contribution in [1.29, 1.82) is 0 Å². The largest absolute Gasteiger partial charge is 0.374 e. The molecule has 3 N–H and O–H groups in total. The van der Waals surface area contributed by atoms with Crippen LogP contribution in [0.1, 0.15) is 6.92 Å². The summed E-state index contributed by atoms with van der Waals surface area (Å²) in [6.07, 6.45) is 0.376. The van der Waals surface area contributed by atoms with Gasteiger partial charge in [-0.15, -0.1) is 0 Å². The van der Waals surface area contributed by atoms with Gasteiger partial charge in [-0.25, -0.2) is 0 Å². The molecule has 1 heterocycles. The third-order valence-corrected chi connectivity index (χ3v) is 1.23. The molecule has 1 saturated heterocycles. The topological polar surface area (TPSA) is 47.3 Å². The van der Waals surface area contributed by atoms with E-state index in [1.807, 2.05) is 6.92 Å². The molecule has 1 aliphatic heterocycles. The van der Waals surface area contributed by atoms with Gasteiger partial charge in [0.25, 0.3) is 0 Å². The standard InChI is InChI=1S/C5H12N2O/c1-4-2-7-5(6)3-8-4/h4-5,7H,2-3,6H2,1H3. The van der Waals surface area contributed by atoms with Gasteiger partial charge >= 0.3 is 0 Å². The van der Waals surface area contributed by atoms with Gasteiger partial charge in [-0.2, -0.15) is 0 Å². The second kappa shape index (κ2) is 2.44. The maximum Gasteiger partial charge on any atom is 0.0788 e. The van der Waals surface area contributed by atoms with Crippen molar-refractivity contribution in [1.82, 2.24) is 5.32 Å². The third-order valence-electron chi connectivity index (χ3n) is 1.23. The molecule has 0 aromatic carbocycles. The fourth-order valence-electron chi connectivity index (χ4n) is 0.703. The van der Waals surface area contributed by atoms with Gasteiger partial charge in [-0.1, -0.05) is 0 Å². The van der Waals surface area contributed by atoms with Crippen molar-refractivity contribution in [3.05, 3.63) is 0 Å². The van der Waals surface area contributed by atoms with Crippen molar-refractivity contribution in [2.24, 2.45) is 5.73 Å². The van der Waals surface area contributed by atoms with E-state index in [9.17, 15) is 0 Å². The van der Waals surface area contributed by atoms with E-state index < -0.39 is 0 Å². The summed E-state index contributed by atoms with van der Waals surface area (Å²) >= 11 is 0. The number of nitrogens with two attached hydrogens (primary N) is 1. The van der Waals surface area contributed by atoms with E-state index in [-0.39, 0.29) is 6.17 Å². The Balaban J connectivity index is 2.19. The molecule has 0 spiro atoms. The van der Waals surface area contributed by atoms with Crippen molar-refractivity contribution in [3.63, 3.8) is 0 Å². The maximum absolute atomic E-state index is 5.46. The summed E-state index contributed by atoms with van der Waals surface area (Å²) in [6.45, 7) is 3.54. The van der Waals surface area contributed by atoms with Crippen LogP contribution in [0.4, 0.5) is 0 Å². The van der Waals surface area contributed by atoms with Gasteiger partial charge in [0, 0.05) is 6.54 Å². The first kappa shape index (κ1) is 6.01. The molecule has 48 valence electrons. The highest BCUT2D eigenvalue weighted by molar-refractivity contribution is 4.67. The summed E-state index contributed by atoms with van der Waals surface area (Å²) in [6, 6.07) is 0. The van der Waals surface area contributed by atoms with Crippen molar-refractivity contribution in [2.45, 2.75) is 19.2 Å². The highest BCUT2D eigenvalue weighted by Gasteiger charge is 2.12. The number of nitrogens with one attached hydrogen (secondary N) is 1. The van der Waals surface area contributed by atoms with Crippen LogP contribution in [0, 0.1) is 0 Å². The molecule has 1 fully saturated rings. The predicted octanol–water partition coefficient (Wildman–Crippen LogP) is -0.720. The molecule has 0 aromatic heterocycles. The number of morpholine rings is 1. The zero-order valence-electron chi connectivity index (χ0n) is 5.05. The van der Waals surface area contributed by atoms with Crippen LogP contribution < -0.4 is 11.1 Å². The molecule has 2 atom stereocenters. The normalized spacial score (nSPS) is 39.8. The van der Waals surface area contributed by atoms with E-state index >= 15 is 0 Å². The molecule has 0 bridgehead atoms. The molecular weight excluding hydrogens is 104 g/mol.